The molecule has 8 nitrogen and oxygen atoms in total. The highest BCUT2D eigenvalue weighted by Gasteiger charge is 2.54. The molecule has 3 aliphatic rings. The van der Waals surface area contributed by atoms with Gasteiger partial charge in [0.2, 0.25) is 5.91 Å². The Bertz CT molecular complexity index is 1390. The lowest BCUT2D eigenvalue weighted by atomic mass is 9.53. The van der Waals surface area contributed by atoms with Crippen molar-refractivity contribution in [2.75, 3.05) is 0 Å². The van der Waals surface area contributed by atoms with Gasteiger partial charge in [-0.15, -0.1) is 0 Å². The van der Waals surface area contributed by atoms with E-state index in [1.807, 2.05) is 48.8 Å². The molecule has 4 aromatic rings. The molecule has 3 heterocycles. The van der Waals surface area contributed by atoms with Crippen LogP contribution in [0.25, 0.3) is 33.7 Å². The van der Waals surface area contributed by atoms with Crippen LogP contribution in [-0.4, -0.2) is 36.0 Å². The summed E-state index contributed by atoms with van der Waals surface area (Å²) in [6.45, 7) is 1.98. The minimum absolute atomic E-state index is 0.106. The summed E-state index contributed by atoms with van der Waals surface area (Å²) in [4.78, 5) is 34.8. The van der Waals surface area contributed by atoms with E-state index in [0.717, 1.165) is 83.7 Å². The summed E-state index contributed by atoms with van der Waals surface area (Å²) in [5.74, 6) is 0.709. The fraction of sp³-hybridized carbons (Fsp3) is 0.346. The van der Waals surface area contributed by atoms with Crippen molar-refractivity contribution in [3.8, 4) is 22.6 Å². The van der Waals surface area contributed by atoms with Crippen molar-refractivity contribution in [2.45, 2.75) is 50.9 Å². The highest BCUT2D eigenvalue weighted by Crippen LogP contribution is 2.57. The van der Waals surface area contributed by atoms with E-state index < -0.39 is 5.41 Å². The maximum atomic E-state index is 12.3. The third-order valence-electron chi connectivity index (χ3n) is 7.92. The molecule has 0 atom stereocenters. The van der Waals surface area contributed by atoms with E-state index in [9.17, 15) is 10.0 Å². The number of H-pyrrole nitrogens is 1. The zero-order valence-electron chi connectivity index (χ0n) is 19.0. The van der Waals surface area contributed by atoms with Crippen LogP contribution in [0.15, 0.2) is 48.8 Å². The minimum atomic E-state index is -0.454. The van der Waals surface area contributed by atoms with Gasteiger partial charge >= 0.3 is 0 Å². The minimum Gasteiger partial charge on any atom is -0.340 e. The lowest BCUT2D eigenvalue weighted by Gasteiger charge is -2.51. The highest BCUT2D eigenvalue weighted by molar-refractivity contribution is 5.85. The number of aryl methyl sites for hydroxylation is 1. The molecule has 2 bridgehead atoms. The van der Waals surface area contributed by atoms with Gasteiger partial charge in [-0.3, -0.25) is 25.0 Å². The Labute approximate surface area is 196 Å². The van der Waals surface area contributed by atoms with Crippen molar-refractivity contribution in [2.24, 2.45) is 5.41 Å². The van der Waals surface area contributed by atoms with Gasteiger partial charge in [0.05, 0.1) is 33.5 Å². The van der Waals surface area contributed by atoms with Crippen LogP contribution in [0.5, 0.6) is 0 Å². The first kappa shape index (κ1) is 20.9. The maximum Gasteiger partial charge on any atom is 0.249 e. The van der Waals surface area contributed by atoms with Crippen LogP contribution in [0.1, 0.15) is 50.0 Å². The Kier molecular flexibility index (Phi) is 4.74. The van der Waals surface area contributed by atoms with Gasteiger partial charge in [-0.1, -0.05) is 12.1 Å². The molecule has 172 valence electrons. The molecule has 0 aliphatic heterocycles. The lowest BCUT2D eigenvalue weighted by molar-refractivity contribution is -0.147. The molecular formula is C26H26N6O2. The number of nitrogens with zero attached hydrogens (tertiary/aromatic N) is 4. The molecule has 0 radical (unpaired) electrons. The molecule has 0 saturated heterocycles. The van der Waals surface area contributed by atoms with Gasteiger partial charge in [-0.25, -0.2) is 10.5 Å². The first-order chi connectivity index (χ1) is 16.5. The van der Waals surface area contributed by atoms with Crippen molar-refractivity contribution in [1.29, 1.82) is 0 Å². The normalized spacial score (nSPS) is 23.8. The zero-order chi connectivity index (χ0) is 23.3. The number of pyridine rings is 1. The van der Waals surface area contributed by atoms with Crippen LogP contribution in [0.3, 0.4) is 0 Å². The number of benzene rings is 1. The number of rotatable bonds is 4. The molecule has 8 heteroatoms. The fourth-order valence-corrected chi connectivity index (χ4v) is 5.81. The third kappa shape index (κ3) is 3.20. The standard InChI is InChI=1S/C26H26N6O2/c1-16-3-2-4-19(29-16)22-21(17-5-6-18-20(15-17)28-14-13-27-18)30-23(31-22)25-7-10-26(11-8-25,12-9-25)24(33)32-34/h2-6,13-15,34H,7-12H2,1H3,(H,30,31)(H,32,33). The molecule has 1 aromatic carbocycles. The quantitative estimate of drug-likeness (QED) is 0.309. The van der Waals surface area contributed by atoms with E-state index in [2.05, 4.69) is 15.0 Å². The number of fused-ring (bicyclic) bond motifs is 4. The van der Waals surface area contributed by atoms with E-state index in [4.69, 9.17) is 9.97 Å². The SMILES string of the molecule is Cc1cccc(-c2[nH]c(C34CCC(C(=O)NO)(CC3)CC4)nc2-c2ccc3nccnc3c2)n1. The Morgan fingerprint density at radius 1 is 0.971 bits per heavy atom. The van der Waals surface area contributed by atoms with Crippen molar-refractivity contribution < 1.29 is 10.0 Å². The summed E-state index contributed by atoms with van der Waals surface area (Å²) >= 11 is 0. The molecule has 34 heavy (non-hydrogen) atoms. The second-order valence-electron chi connectivity index (χ2n) is 9.73. The van der Waals surface area contributed by atoms with Crippen molar-refractivity contribution >= 4 is 16.9 Å². The predicted molar refractivity (Wildman–Crippen MR) is 127 cm³/mol. The summed E-state index contributed by atoms with van der Waals surface area (Å²) in [5, 5.41) is 9.24. The van der Waals surface area contributed by atoms with E-state index in [-0.39, 0.29) is 11.3 Å². The van der Waals surface area contributed by atoms with Crippen LogP contribution in [-0.2, 0) is 10.2 Å². The number of hydrogen-bond donors (Lipinski definition) is 3. The smallest absolute Gasteiger partial charge is 0.249 e. The number of aromatic nitrogens is 5. The second kappa shape index (κ2) is 7.70. The fourth-order valence-electron chi connectivity index (χ4n) is 5.81. The van der Waals surface area contributed by atoms with E-state index in [0.29, 0.717) is 0 Å². The Morgan fingerprint density at radius 2 is 1.71 bits per heavy atom. The van der Waals surface area contributed by atoms with E-state index in [1.165, 1.54) is 0 Å². The molecule has 3 aromatic heterocycles. The van der Waals surface area contributed by atoms with Crippen LogP contribution >= 0.6 is 0 Å². The number of aromatic amines is 1. The van der Waals surface area contributed by atoms with Crippen LogP contribution in [0.4, 0.5) is 0 Å². The first-order valence-corrected chi connectivity index (χ1v) is 11.7. The predicted octanol–water partition coefficient (Wildman–Crippen LogP) is 4.49. The van der Waals surface area contributed by atoms with Crippen LogP contribution < -0.4 is 5.48 Å². The molecule has 3 aliphatic carbocycles. The first-order valence-electron chi connectivity index (χ1n) is 11.7. The maximum absolute atomic E-state index is 12.3. The van der Waals surface area contributed by atoms with Crippen molar-refractivity contribution in [3.05, 3.63) is 60.3 Å². The number of nitrogens with one attached hydrogen (secondary N) is 2. The molecular weight excluding hydrogens is 428 g/mol. The highest BCUT2D eigenvalue weighted by atomic mass is 16.5. The number of amides is 1. The summed E-state index contributed by atoms with van der Waals surface area (Å²) in [7, 11) is 0. The Balaban J connectivity index is 1.46. The van der Waals surface area contributed by atoms with Crippen LogP contribution in [0, 0.1) is 12.3 Å². The molecule has 3 fully saturated rings. The number of imidazole rings is 1. The number of hydrogen-bond acceptors (Lipinski definition) is 6. The molecule has 0 spiro atoms. The van der Waals surface area contributed by atoms with Gasteiger partial charge in [0.1, 0.15) is 5.82 Å². The molecule has 1 amide bonds. The molecule has 0 unspecified atom stereocenters. The number of hydroxylamine groups is 1. The summed E-state index contributed by atoms with van der Waals surface area (Å²) in [6.07, 6.45) is 8.21. The largest absolute Gasteiger partial charge is 0.340 e. The summed E-state index contributed by atoms with van der Waals surface area (Å²) in [6, 6.07) is 12.0. The van der Waals surface area contributed by atoms with Crippen molar-refractivity contribution in [1.82, 2.24) is 30.4 Å². The second-order valence-corrected chi connectivity index (χ2v) is 9.73. The monoisotopic (exact) mass is 454 g/mol. The van der Waals surface area contributed by atoms with Gasteiger partial charge in [-0.2, -0.15) is 0 Å². The van der Waals surface area contributed by atoms with Crippen molar-refractivity contribution in [3.63, 3.8) is 0 Å². The van der Waals surface area contributed by atoms with E-state index in [1.54, 1.807) is 12.4 Å². The topological polar surface area (TPSA) is 117 Å². The molecule has 3 N–H and O–H groups in total. The average Bonchev–Trinajstić information content (AvgIpc) is 3.35. The van der Waals surface area contributed by atoms with Crippen LogP contribution in [0.2, 0.25) is 0 Å². The van der Waals surface area contributed by atoms with Gasteiger partial charge in [0, 0.05) is 29.1 Å². The molecule has 7 rings (SSSR count). The Hall–Kier alpha value is -3.65. The average molecular weight is 455 g/mol. The summed E-state index contributed by atoms with van der Waals surface area (Å²) < 4.78 is 0. The third-order valence-corrected chi connectivity index (χ3v) is 7.92. The van der Waals surface area contributed by atoms with Gasteiger partial charge < -0.3 is 4.98 Å². The van der Waals surface area contributed by atoms with Gasteiger partial charge in [0.15, 0.2) is 0 Å². The Morgan fingerprint density at radius 3 is 2.41 bits per heavy atom. The molecule has 3 saturated carbocycles. The van der Waals surface area contributed by atoms with Gasteiger partial charge in [-0.05, 0) is 69.7 Å². The number of carbonyl (C=O) groups is 1. The zero-order valence-corrected chi connectivity index (χ0v) is 19.0. The number of carbonyl (C=O) groups excluding carboxylic acids is 1. The summed E-state index contributed by atoms with van der Waals surface area (Å²) in [5.41, 5.74) is 7.50. The van der Waals surface area contributed by atoms with E-state index >= 15 is 0 Å². The lowest BCUT2D eigenvalue weighted by Crippen LogP contribution is -2.51. The van der Waals surface area contributed by atoms with Gasteiger partial charge in [0.25, 0.3) is 0 Å².